The summed E-state index contributed by atoms with van der Waals surface area (Å²) in [5.74, 6) is -1.67. The van der Waals surface area contributed by atoms with E-state index in [1.165, 1.54) is 12.1 Å². The van der Waals surface area contributed by atoms with Crippen molar-refractivity contribution in [3.8, 4) is 0 Å². The molecule has 1 amide bonds. The number of hydrogen-bond donors (Lipinski definition) is 3. The minimum atomic E-state index is -3.73. The second kappa shape index (κ2) is 11.7. The van der Waals surface area contributed by atoms with Crippen LogP contribution < -0.4 is 10.9 Å². The van der Waals surface area contributed by atoms with E-state index in [-0.39, 0.29) is 11.0 Å². The number of thioether (sulfide) groups is 1. The summed E-state index contributed by atoms with van der Waals surface area (Å²) in [6, 6.07) is 4.86. The zero-order valence-corrected chi connectivity index (χ0v) is 25.4. The zero-order valence-electron chi connectivity index (χ0n) is 24.6. The number of aliphatic hydroxyl groups is 1. The lowest BCUT2D eigenvalue weighted by atomic mass is 9.59. The number of pyridine rings is 1. The highest BCUT2D eigenvalue weighted by molar-refractivity contribution is 8.00. The van der Waals surface area contributed by atoms with Crippen molar-refractivity contribution in [3.63, 3.8) is 0 Å². The number of nitrogens with zero attached hydrogens (tertiary/aromatic N) is 2. The van der Waals surface area contributed by atoms with Crippen LogP contribution in [0.15, 0.2) is 29.3 Å². The lowest BCUT2D eigenvalue weighted by Gasteiger charge is -2.59. The van der Waals surface area contributed by atoms with Gasteiger partial charge in [0.2, 0.25) is 6.41 Å². The van der Waals surface area contributed by atoms with Crippen LogP contribution in [0, 0.1) is 11.2 Å². The molecule has 1 aromatic heterocycles. The maximum Gasteiger partial charge on any atom is 0.298 e. The van der Waals surface area contributed by atoms with Gasteiger partial charge in [-0.25, -0.2) is 4.39 Å². The number of hydrazine groups is 1. The monoisotopic (exact) mass is 616 g/mol. The minimum absolute atomic E-state index is 0.0360. The number of methoxy groups -OCH3 is 1. The third-order valence-electron chi connectivity index (χ3n) is 9.71. The molecule has 1 atom stereocenters. The summed E-state index contributed by atoms with van der Waals surface area (Å²) in [7, 11) is 1.74. The number of halogens is 3. The van der Waals surface area contributed by atoms with Crippen LogP contribution >= 0.6 is 11.8 Å². The van der Waals surface area contributed by atoms with Gasteiger partial charge in [0.05, 0.1) is 17.3 Å². The van der Waals surface area contributed by atoms with Crippen molar-refractivity contribution in [3.05, 3.63) is 63.7 Å². The van der Waals surface area contributed by atoms with Crippen LogP contribution in [-0.4, -0.2) is 47.6 Å². The van der Waals surface area contributed by atoms with E-state index in [4.69, 9.17) is 14.7 Å². The summed E-state index contributed by atoms with van der Waals surface area (Å²) >= 11 is 1.95. The van der Waals surface area contributed by atoms with E-state index >= 15 is 4.39 Å². The van der Waals surface area contributed by atoms with Gasteiger partial charge in [0.1, 0.15) is 23.9 Å². The predicted octanol–water partition coefficient (Wildman–Crippen LogP) is 5.97. The van der Waals surface area contributed by atoms with Gasteiger partial charge in [-0.15, -0.1) is 0 Å². The van der Waals surface area contributed by atoms with Gasteiger partial charge in [0, 0.05) is 29.8 Å². The number of amides is 1. The third-order valence-corrected chi connectivity index (χ3v) is 11.3. The second-order valence-electron chi connectivity index (χ2n) is 12.8. The quantitative estimate of drug-likeness (QED) is 0.125. The summed E-state index contributed by atoms with van der Waals surface area (Å²) in [4.78, 5) is 21.6. The number of carbonyl (C=O) groups excluding carboxylic acids is 1. The van der Waals surface area contributed by atoms with Crippen molar-refractivity contribution in [2.75, 3.05) is 25.2 Å². The number of carbonyl (C=O) groups is 1. The Labute approximate surface area is 254 Å². The molecule has 6 rings (SSSR count). The molecule has 0 radical (unpaired) electrons. The Morgan fingerprint density at radius 2 is 1.95 bits per heavy atom. The van der Waals surface area contributed by atoms with Gasteiger partial charge in [0.25, 0.3) is 5.92 Å². The molecule has 2 aromatic rings. The normalized spacial score (nSPS) is 22.1. The van der Waals surface area contributed by atoms with Crippen LogP contribution in [0.3, 0.4) is 0 Å². The molecule has 1 spiro atoms. The lowest BCUT2D eigenvalue weighted by molar-refractivity contribution is -0.148. The molecule has 2 heterocycles. The SMILES string of the molecule is COC1(c2cc(C(=N[C@H](C)c3cccc(C(F)(F)CO)c3F)NNC=O)c(C3CC3)c(C3CCCC3)n2)CC2(CSC2)C1. The summed E-state index contributed by atoms with van der Waals surface area (Å²) in [5.41, 5.74) is 8.09. The standard InChI is InChI=1S/C32H39F3N4O3S/c1-19(22-8-5-9-24(27(22)33)32(34,35)15-40)37-29(39-36-18-41)23-12-25(31(42-2)13-30(14-31)16-43-17-30)38-28(21-6-3-4-7-21)26(23)20-10-11-20/h5,8-9,12,18-21,40H,3-4,6-7,10-11,13-17H2,1-2H3,(H,36,41)(H,37,39)/t19-/m1/s1. The molecule has 7 nitrogen and oxygen atoms in total. The Morgan fingerprint density at radius 1 is 1.23 bits per heavy atom. The first-order chi connectivity index (χ1) is 20.7. The molecule has 0 bridgehead atoms. The van der Waals surface area contributed by atoms with Gasteiger partial charge in [-0.1, -0.05) is 25.0 Å². The summed E-state index contributed by atoms with van der Waals surface area (Å²) in [5, 5.41) is 9.17. The average Bonchev–Trinajstić information content (AvgIpc) is 3.65. The Balaban J connectivity index is 1.48. The van der Waals surface area contributed by atoms with Crippen molar-refractivity contribution in [1.29, 1.82) is 0 Å². The number of aliphatic hydroxyl groups excluding tert-OH is 1. The van der Waals surface area contributed by atoms with E-state index in [0.29, 0.717) is 24.1 Å². The first-order valence-corrected chi connectivity index (χ1v) is 16.3. The number of rotatable bonds is 11. The molecular formula is C32H39F3N4O3S. The van der Waals surface area contributed by atoms with E-state index in [1.807, 2.05) is 17.8 Å². The van der Waals surface area contributed by atoms with Crippen LogP contribution in [0.1, 0.15) is 110 Å². The average molecular weight is 617 g/mol. The van der Waals surface area contributed by atoms with Gasteiger partial charge in [-0.3, -0.25) is 25.6 Å². The second-order valence-corrected chi connectivity index (χ2v) is 13.8. The largest absolute Gasteiger partial charge is 0.390 e. The van der Waals surface area contributed by atoms with Gasteiger partial charge in [-0.05, 0) is 86.0 Å². The van der Waals surface area contributed by atoms with E-state index in [9.17, 15) is 18.7 Å². The highest BCUT2D eigenvalue weighted by Crippen LogP contribution is 2.63. The fraction of sp³-hybridized carbons (Fsp3) is 0.594. The van der Waals surface area contributed by atoms with Crippen LogP contribution in [0.5, 0.6) is 0 Å². The first kappa shape index (κ1) is 30.4. The molecule has 11 heteroatoms. The van der Waals surface area contributed by atoms with E-state index < -0.39 is 35.6 Å². The molecule has 4 fully saturated rings. The molecular weight excluding hydrogens is 577 g/mol. The maximum absolute atomic E-state index is 15.4. The number of ether oxygens (including phenoxy) is 1. The number of nitrogens with one attached hydrogen (secondary N) is 2. The molecule has 232 valence electrons. The fourth-order valence-electron chi connectivity index (χ4n) is 7.27. The van der Waals surface area contributed by atoms with Crippen molar-refractivity contribution < 1.29 is 27.8 Å². The Bertz CT molecular complexity index is 1400. The summed E-state index contributed by atoms with van der Waals surface area (Å²) in [6.07, 6.45) is 8.70. The molecule has 3 saturated carbocycles. The Kier molecular flexibility index (Phi) is 8.27. The van der Waals surface area contributed by atoms with Crippen LogP contribution in [-0.2, 0) is 21.1 Å². The van der Waals surface area contributed by atoms with Crippen molar-refractivity contribution in [2.24, 2.45) is 10.4 Å². The van der Waals surface area contributed by atoms with E-state index in [0.717, 1.165) is 91.5 Å². The number of aliphatic imine (C=N–C) groups is 1. The molecule has 0 unspecified atom stereocenters. The van der Waals surface area contributed by atoms with Crippen molar-refractivity contribution in [2.45, 2.75) is 87.7 Å². The van der Waals surface area contributed by atoms with Crippen molar-refractivity contribution in [1.82, 2.24) is 15.8 Å². The molecule has 3 N–H and O–H groups in total. The van der Waals surface area contributed by atoms with Crippen molar-refractivity contribution >= 4 is 24.0 Å². The van der Waals surface area contributed by atoms with Crippen LogP contribution in [0.25, 0.3) is 0 Å². The highest BCUT2D eigenvalue weighted by Gasteiger charge is 2.60. The molecule has 1 aliphatic heterocycles. The Morgan fingerprint density at radius 3 is 2.53 bits per heavy atom. The molecule has 3 aliphatic carbocycles. The smallest absolute Gasteiger partial charge is 0.298 e. The van der Waals surface area contributed by atoms with Gasteiger partial charge in [-0.2, -0.15) is 20.5 Å². The molecule has 4 aliphatic rings. The highest BCUT2D eigenvalue weighted by atomic mass is 32.2. The van der Waals surface area contributed by atoms with Crippen LogP contribution in [0.4, 0.5) is 13.2 Å². The third kappa shape index (κ3) is 5.57. The van der Waals surface area contributed by atoms with E-state index in [2.05, 4.69) is 10.9 Å². The summed E-state index contributed by atoms with van der Waals surface area (Å²) < 4.78 is 50.3. The summed E-state index contributed by atoms with van der Waals surface area (Å²) in [6.45, 7) is 0.121. The van der Waals surface area contributed by atoms with Gasteiger partial charge < -0.3 is 9.84 Å². The van der Waals surface area contributed by atoms with Crippen LogP contribution in [0.2, 0.25) is 0 Å². The minimum Gasteiger partial charge on any atom is -0.390 e. The number of alkyl halides is 2. The molecule has 1 saturated heterocycles. The lowest BCUT2D eigenvalue weighted by Crippen LogP contribution is -2.57. The fourth-order valence-corrected chi connectivity index (χ4v) is 8.46. The predicted molar refractivity (Wildman–Crippen MR) is 160 cm³/mol. The first-order valence-electron chi connectivity index (χ1n) is 15.1. The number of benzene rings is 1. The van der Waals surface area contributed by atoms with E-state index in [1.54, 1.807) is 14.0 Å². The van der Waals surface area contributed by atoms with Gasteiger partial charge in [0.15, 0.2) is 0 Å². The molecule has 1 aromatic carbocycles. The number of amidine groups is 1. The zero-order chi connectivity index (χ0) is 30.4. The maximum atomic E-state index is 15.4. The molecule has 43 heavy (non-hydrogen) atoms. The topological polar surface area (TPSA) is 95.8 Å². The number of hydrogen-bond acceptors (Lipinski definition) is 6. The number of aromatic nitrogens is 1. The van der Waals surface area contributed by atoms with Gasteiger partial charge >= 0.3 is 0 Å². The Hall–Kier alpha value is -2.63.